The number of aliphatic hydroxyl groups is 2. The van der Waals surface area contributed by atoms with Gasteiger partial charge in [-0.25, -0.2) is 4.79 Å². The molecule has 2 aliphatic carbocycles. The van der Waals surface area contributed by atoms with Gasteiger partial charge in [0.15, 0.2) is 0 Å². The molecule has 4 nitrogen and oxygen atoms in total. The van der Waals surface area contributed by atoms with Crippen LogP contribution in [-0.2, 0) is 9.53 Å². The Labute approximate surface area is 143 Å². The molecular weight excluding hydrogens is 304 g/mol. The number of aliphatic hydroxyl groups excluding tert-OH is 2. The minimum Gasteiger partial charge on any atom is -0.458 e. The first-order valence-electron chi connectivity index (χ1n) is 8.85. The van der Waals surface area contributed by atoms with Gasteiger partial charge in [-0.1, -0.05) is 38.2 Å². The first kappa shape index (κ1) is 17.4. The van der Waals surface area contributed by atoms with Crippen molar-refractivity contribution < 1.29 is 19.7 Å². The molecule has 0 unspecified atom stereocenters. The topological polar surface area (TPSA) is 66.8 Å². The van der Waals surface area contributed by atoms with Crippen molar-refractivity contribution in [3.8, 4) is 0 Å². The number of cyclic esters (lactones) is 1. The highest BCUT2D eigenvalue weighted by Gasteiger charge is 2.57. The van der Waals surface area contributed by atoms with Crippen LogP contribution in [0.15, 0.2) is 36.0 Å². The Morgan fingerprint density at radius 3 is 2.79 bits per heavy atom. The van der Waals surface area contributed by atoms with E-state index in [0.29, 0.717) is 18.6 Å². The van der Waals surface area contributed by atoms with Gasteiger partial charge in [0.2, 0.25) is 0 Å². The molecule has 24 heavy (non-hydrogen) atoms. The maximum Gasteiger partial charge on any atom is 0.338 e. The molecule has 3 aliphatic rings. The third kappa shape index (κ3) is 2.56. The van der Waals surface area contributed by atoms with Gasteiger partial charge in [-0.3, -0.25) is 0 Å². The van der Waals surface area contributed by atoms with Gasteiger partial charge in [0.1, 0.15) is 6.61 Å². The molecular formula is C20H28O4. The summed E-state index contributed by atoms with van der Waals surface area (Å²) in [5.41, 5.74) is 1.24. The molecule has 2 saturated carbocycles. The summed E-state index contributed by atoms with van der Waals surface area (Å²) in [4.78, 5) is 11.7. The summed E-state index contributed by atoms with van der Waals surface area (Å²) >= 11 is 0. The largest absolute Gasteiger partial charge is 0.458 e. The van der Waals surface area contributed by atoms with Crippen molar-refractivity contribution >= 4 is 5.97 Å². The monoisotopic (exact) mass is 332 g/mol. The zero-order chi connectivity index (χ0) is 17.5. The van der Waals surface area contributed by atoms with Crippen LogP contribution in [0.5, 0.6) is 0 Å². The molecule has 3 rings (SSSR count). The number of allylic oxidation sites excluding steroid dienone is 2. The highest BCUT2D eigenvalue weighted by atomic mass is 16.5. The molecule has 4 heteroatoms. The molecule has 2 N–H and O–H groups in total. The fourth-order valence-electron chi connectivity index (χ4n) is 5.20. The smallest absolute Gasteiger partial charge is 0.338 e. The first-order chi connectivity index (χ1) is 11.3. The summed E-state index contributed by atoms with van der Waals surface area (Å²) in [6, 6.07) is 0. The van der Waals surface area contributed by atoms with Crippen LogP contribution < -0.4 is 0 Å². The molecule has 0 aromatic carbocycles. The van der Waals surface area contributed by atoms with Gasteiger partial charge in [0, 0.05) is 11.3 Å². The van der Waals surface area contributed by atoms with Gasteiger partial charge in [0.25, 0.3) is 0 Å². The van der Waals surface area contributed by atoms with E-state index >= 15 is 0 Å². The molecule has 0 amide bonds. The Hall–Kier alpha value is -1.39. The Morgan fingerprint density at radius 2 is 2.17 bits per heavy atom. The molecule has 132 valence electrons. The second kappa shape index (κ2) is 6.16. The van der Waals surface area contributed by atoms with Crippen LogP contribution in [0.1, 0.15) is 39.5 Å². The Balaban J connectivity index is 1.92. The summed E-state index contributed by atoms with van der Waals surface area (Å²) in [7, 11) is 0. The van der Waals surface area contributed by atoms with Crippen molar-refractivity contribution in [3.05, 3.63) is 36.0 Å². The van der Waals surface area contributed by atoms with Crippen LogP contribution in [0.4, 0.5) is 0 Å². The molecule has 0 radical (unpaired) electrons. The lowest BCUT2D eigenvalue weighted by Crippen LogP contribution is -2.57. The summed E-state index contributed by atoms with van der Waals surface area (Å²) in [5.74, 6) is 0.0981. The quantitative estimate of drug-likeness (QED) is 0.616. The second-order valence-corrected chi connectivity index (χ2v) is 8.07. The minimum absolute atomic E-state index is 0.00515. The third-order valence-electron chi connectivity index (χ3n) is 6.78. The Morgan fingerprint density at radius 1 is 1.42 bits per heavy atom. The van der Waals surface area contributed by atoms with E-state index in [4.69, 9.17) is 4.74 Å². The Bertz CT molecular complexity index is 605. The van der Waals surface area contributed by atoms with Crippen LogP contribution in [0, 0.1) is 22.7 Å². The van der Waals surface area contributed by atoms with E-state index < -0.39 is 11.5 Å². The van der Waals surface area contributed by atoms with E-state index in [-0.39, 0.29) is 29.8 Å². The van der Waals surface area contributed by atoms with Crippen molar-refractivity contribution in [1.82, 2.24) is 0 Å². The fourth-order valence-corrected chi connectivity index (χ4v) is 5.20. The van der Waals surface area contributed by atoms with Crippen LogP contribution in [0.2, 0.25) is 0 Å². The van der Waals surface area contributed by atoms with Crippen LogP contribution in [-0.4, -0.2) is 35.5 Å². The predicted molar refractivity (Wildman–Crippen MR) is 92.1 cm³/mol. The van der Waals surface area contributed by atoms with E-state index in [1.165, 1.54) is 5.57 Å². The number of fused-ring (bicyclic) bond motifs is 1. The number of carbonyl (C=O) groups excluding carboxylic acids is 1. The van der Waals surface area contributed by atoms with Gasteiger partial charge >= 0.3 is 5.97 Å². The average molecular weight is 332 g/mol. The molecule has 1 heterocycles. The van der Waals surface area contributed by atoms with E-state index in [1.807, 2.05) is 13.0 Å². The van der Waals surface area contributed by atoms with Crippen molar-refractivity contribution in [2.45, 2.75) is 45.6 Å². The van der Waals surface area contributed by atoms with Crippen molar-refractivity contribution in [2.75, 3.05) is 13.2 Å². The first-order valence-corrected chi connectivity index (χ1v) is 8.85. The summed E-state index contributed by atoms with van der Waals surface area (Å²) < 4.78 is 4.96. The van der Waals surface area contributed by atoms with Crippen LogP contribution in [0.25, 0.3) is 0 Å². The number of esters is 1. The summed E-state index contributed by atoms with van der Waals surface area (Å²) in [5, 5.41) is 20.5. The van der Waals surface area contributed by atoms with Gasteiger partial charge < -0.3 is 14.9 Å². The van der Waals surface area contributed by atoms with Crippen LogP contribution in [0.3, 0.4) is 0 Å². The fraction of sp³-hybridized carbons (Fsp3) is 0.650. The van der Waals surface area contributed by atoms with Gasteiger partial charge in [0.05, 0.1) is 18.3 Å². The average Bonchev–Trinajstić information content (AvgIpc) is 2.96. The number of carbonyl (C=O) groups is 1. The van der Waals surface area contributed by atoms with Crippen molar-refractivity contribution in [3.63, 3.8) is 0 Å². The van der Waals surface area contributed by atoms with E-state index in [0.717, 1.165) is 19.3 Å². The zero-order valence-corrected chi connectivity index (χ0v) is 14.6. The normalized spacial score (nSPS) is 42.8. The van der Waals surface area contributed by atoms with Gasteiger partial charge in [-0.15, -0.1) is 0 Å². The number of hydrogen-bond donors (Lipinski definition) is 2. The second-order valence-electron chi connectivity index (χ2n) is 8.07. The van der Waals surface area contributed by atoms with Gasteiger partial charge in [-0.2, -0.15) is 0 Å². The van der Waals surface area contributed by atoms with Crippen molar-refractivity contribution in [2.24, 2.45) is 22.7 Å². The van der Waals surface area contributed by atoms with E-state index in [9.17, 15) is 15.0 Å². The standard InChI is InChI=1S/C20H28O4/c1-13-4-7-16-19(2,10-8-17(22)20(16,3)12-21)15(13)6-5-14-9-11-24-18(14)23/h5-6,9,15-17,21-22H,1,4,7-8,10-12H2,2-3H3/b6-5+/t15-,16+,17+,19-,20-/m0/s1. The minimum atomic E-state index is -0.481. The van der Waals surface area contributed by atoms with Crippen LogP contribution >= 0.6 is 0 Å². The SMILES string of the molecule is C=C1CC[C@H]2[C@](C)(CO)[C@H](O)CC[C@@]2(C)[C@H]1/C=C/C1=CCOC1=O. The maximum atomic E-state index is 11.7. The Kier molecular flexibility index (Phi) is 4.47. The molecule has 5 atom stereocenters. The number of hydrogen-bond acceptors (Lipinski definition) is 4. The molecule has 0 aromatic heterocycles. The molecule has 0 aromatic rings. The predicted octanol–water partition coefficient (Wildman–Crippen LogP) is 2.77. The zero-order valence-electron chi connectivity index (χ0n) is 14.6. The van der Waals surface area contributed by atoms with E-state index in [2.05, 4.69) is 19.6 Å². The lowest BCUT2D eigenvalue weighted by molar-refractivity contribution is -0.145. The molecule has 0 saturated heterocycles. The summed E-state index contributed by atoms with van der Waals surface area (Å²) in [6.07, 6.45) is 8.69. The lowest BCUT2D eigenvalue weighted by atomic mass is 9.46. The third-order valence-corrected chi connectivity index (χ3v) is 6.78. The highest BCUT2D eigenvalue weighted by Crippen LogP contribution is 2.61. The summed E-state index contributed by atoms with van der Waals surface area (Å²) in [6.45, 7) is 8.87. The molecule has 0 spiro atoms. The highest BCUT2D eigenvalue weighted by molar-refractivity contribution is 5.93. The van der Waals surface area contributed by atoms with Crippen molar-refractivity contribution in [1.29, 1.82) is 0 Å². The lowest BCUT2D eigenvalue weighted by Gasteiger charge is -2.59. The number of ether oxygens (including phenoxy) is 1. The maximum absolute atomic E-state index is 11.7. The molecule has 2 fully saturated rings. The molecule has 1 aliphatic heterocycles. The number of rotatable bonds is 3. The van der Waals surface area contributed by atoms with Gasteiger partial charge in [-0.05, 0) is 43.1 Å². The van der Waals surface area contributed by atoms with E-state index in [1.54, 1.807) is 6.08 Å². The molecule has 0 bridgehead atoms.